The SMILES string of the molecule is CC(C)(CNc1cc(N)ccc1C(=O)O)NS(C)(=O)=O. The first kappa shape index (κ1) is 16.3. The third-order valence-corrected chi connectivity index (χ3v) is 3.38. The minimum absolute atomic E-state index is 0.0781. The third kappa shape index (κ3) is 5.06. The van der Waals surface area contributed by atoms with Crippen molar-refractivity contribution in [2.75, 3.05) is 23.9 Å². The van der Waals surface area contributed by atoms with Crippen molar-refractivity contribution >= 4 is 27.4 Å². The number of carbonyl (C=O) groups is 1. The lowest BCUT2D eigenvalue weighted by atomic mass is 10.1. The van der Waals surface area contributed by atoms with Gasteiger partial charge in [0.1, 0.15) is 0 Å². The van der Waals surface area contributed by atoms with Gasteiger partial charge in [-0.15, -0.1) is 0 Å². The molecule has 0 saturated heterocycles. The number of nitrogen functional groups attached to an aromatic ring is 1. The Hall–Kier alpha value is -1.80. The van der Waals surface area contributed by atoms with E-state index in [0.29, 0.717) is 11.4 Å². The maximum atomic E-state index is 11.2. The molecular formula is C12H19N3O4S. The van der Waals surface area contributed by atoms with Gasteiger partial charge in [0, 0.05) is 17.8 Å². The van der Waals surface area contributed by atoms with Gasteiger partial charge in [-0.2, -0.15) is 0 Å². The minimum Gasteiger partial charge on any atom is -0.478 e. The van der Waals surface area contributed by atoms with E-state index < -0.39 is 21.5 Å². The maximum Gasteiger partial charge on any atom is 0.337 e. The molecule has 0 aliphatic carbocycles. The van der Waals surface area contributed by atoms with Gasteiger partial charge in [-0.3, -0.25) is 0 Å². The van der Waals surface area contributed by atoms with Gasteiger partial charge in [0.15, 0.2) is 0 Å². The Morgan fingerprint density at radius 3 is 2.50 bits per heavy atom. The summed E-state index contributed by atoms with van der Waals surface area (Å²) in [5.41, 5.74) is 5.70. The summed E-state index contributed by atoms with van der Waals surface area (Å²) in [6, 6.07) is 4.39. The molecule has 112 valence electrons. The minimum atomic E-state index is -3.35. The Bertz CT molecular complexity index is 611. The van der Waals surface area contributed by atoms with Gasteiger partial charge in [0.05, 0.1) is 17.5 Å². The van der Waals surface area contributed by atoms with Crippen molar-refractivity contribution in [2.45, 2.75) is 19.4 Å². The van der Waals surface area contributed by atoms with Crippen LogP contribution in [0.15, 0.2) is 18.2 Å². The van der Waals surface area contributed by atoms with Crippen LogP contribution in [-0.2, 0) is 10.0 Å². The zero-order chi connectivity index (χ0) is 15.6. The van der Waals surface area contributed by atoms with Crippen LogP contribution in [0, 0.1) is 0 Å². The molecule has 0 heterocycles. The lowest BCUT2D eigenvalue weighted by Gasteiger charge is -2.26. The van der Waals surface area contributed by atoms with Crippen LogP contribution in [0.4, 0.5) is 11.4 Å². The topological polar surface area (TPSA) is 122 Å². The fourth-order valence-electron chi connectivity index (χ4n) is 1.75. The van der Waals surface area contributed by atoms with Gasteiger partial charge in [0.25, 0.3) is 0 Å². The Labute approximate surface area is 118 Å². The Kier molecular flexibility index (Phi) is 4.61. The number of anilines is 2. The van der Waals surface area contributed by atoms with Crippen molar-refractivity contribution in [3.8, 4) is 0 Å². The Morgan fingerprint density at radius 1 is 1.40 bits per heavy atom. The Morgan fingerprint density at radius 2 is 2.00 bits per heavy atom. The fraction of sp³-hybridized carbons (Fsp3) is 0.417. The molecule has 1 aromatic carbocycles. The van der Waals surface area contributed by atoms with E-state index in [2.05, 4.69) is 10.0 Å². The summed E-state index contributed by atoms with van der Waals surface area (Å²) >= 11 is 0. The number of hydrogen-bond donors (Lipinski definition) is 4. The predicted molar refractivity (Wildman–Crippen MR) is 78.4 cm³/mol. The molecule has 0 aliphatic rings. The predicted octanol–water partition coefficient (Wildman–Crippen LogP) is 0.707. The third-order valence-electron chi connectivity index (χ3n) is 2.46. The first-order chi connectivity index (χ1) is 9.00. The summed E-state index contributed by atoms with van der Waals surface area (Å²) in [4.78, 5) is 11.1. The highest BCUT2D eigenvalue weighted by Gasteiger charge is 2.22. The Balaban J connectivity index is 2.89. The van der Waals surface area contributed by atoms with E-state index in [4.69, 9.17) is 10.8 Å². The zero-order valence-electron chi connectivity index (χ0n) is 11.6. The summed E-state index contributed by atoms with van der Waals surface area (Å²) in [5, 5.41) is 12.0. The number of carboxylic acids is 1. The molecule has 0 aromatic heterocycles. The van der Waals surface area contributed by atoms with Crippen LogP contribution < -0.4 is 15.8 Å². The highest BCUT2D eigenvalue weighted by Crippen LogP contribution is 2.20. The zero-order valence-corrected chi connectivity index (χ0v) is 12.4. The molecule has 0 amide bonds. The fourth-order valence-corrected chi connectivity index (χ4v) is 2.82. The number of benzene rings is 1. The van der Waals surface area contributed by atoms with Gasteiger partial charge in [0.2, 0.25) is 10.0 Å². The van der Waals surface area contributed by atoms with Gasteiger partial charge < -0.3 is 16.2 Å². The van der Waals surface area contributed by atoms with Crippen LogP contribution in [0.5, 0.6) is 0 Å². The van der Waals surface area contributed by atoms with Crippen molar-refractivity contribution in [2.24, 2.45) is 0 Å². The molecule has 0 unspecified atom stereocenters. The summed E-state index contributed by atoms with van der Waals surface area (Å²) in [5.74, 6) is -1.08. The van der Waals surface area contributed by atoms with Crippen LogP contribution >= 0.6 is 0 Å². The molecule has 0 radical (unpaired) electrons. The number of aromatic carboxylic acids is 1. The molecule has 5 N–H and O–H groups in total. The highest BCUT2D eigenvalue weighted by molar-refractivity contribution is 7.88. The average Bonchev–Trinajstić information content (AvgIpc) is 2.22. The van der Waals surface area contributed by atoms with Crippen molar-refractivity contribution in [1.29, 1.82) is 0 Å². The quantitative estimate of drug-likeness (QED) is 0.574. The van der Waals surface area contributed by atoms with E-state index in [-0.39, 0.29) is 12.1 Å². The summed E-state index contributed by atoms with van der Waals surface area (Å²) in [6.45, 7) is 3.59. The van der Waals surface area contributed by atoms with E-state index in [9.17, 15) is 13.2 Å². The van der Waals surface area contributed by atoms with E-state index in [1.807, 2.05) is 0 Å². The van der Waals surface area contributed by atoms with Crippen molar-refractivity contribution in [1.82, 2.24) is 4.72 Å². The second-order valence-corrected chi connectivity index (χ2v) is 6.97. The van der Waals surface area contributed by atoms with Crippen LogP contribution in [0.1, 0.15) is 24.2 Å². The molecule has 7 nitrogen and oxygen atoms in total. The van der Waals surface area contributed by atoms with Crippen LogP contribution in [0.25, 0.3) is 0 Å². The van der Waals surface area contributed by atoms with E-state index in [0.717, 1.165) is 6.26 Å². The standard InChI is InChI=1S/C12H19N3O4S/c1-12(2,15-20(3,18)19)7-14-10-6-8(13)4-5-9(10)11(16)17/h4-6,14-15H,7,13H2,1-3H3,(H,16,17). The van der Waals surface area contributed by atoms with E-state index in [1.165, 1.54) is 18.2 Å². The molecule has 0 saturated carbocycles. The lowest BCUT2D eigenvalue weighted by molar-refractivity contribution is 0.0698. The van der Waals surface area contributed by atoms with Gasteiger partial charge in [-0.05, 0) is 32.0 Å². The van der Waals surface area contributed by atoms with Crippen molar-refractivity contribution in [3.63, 3.8) is 0 Å². The second-order valence-electron chi connectivity index (χ2n) is 5.22. The smallest absolute Gasteiger partial charge is 0.337 e. The molecule has 0 aliphatic heterocycles. The molecule has 0 fully saturated rings. The largest absolute Gasteiger partial charge is 0.478 e. The lowest BCUT2D eigenvalue weighted by Crippen LogP contribution is -2.47. The molecule has 20 heavy (non-hydrogen) atoms. The summed E-state index contributed by atoms with van der Waals surface area (Å²) < 4.78 is 24.9. The van der Waals surface area contributed by atoms with Gasteiger partial charge >= 0.3 is 5.97 Å². The number of nitrogens with one attached hydrogen (secondary N) is 2. The summed E-state index contributed by atoms with van der Waals surface area (Å²) in [6.07, 6.45) is 1.07. The molecule has 8 heteroatoms. The number of carboxylic acid groups (broad SMARTS) is 1. The average molecular weight is 301 g/mol. The van der Waals surface area contributed by atoms with Crippen molar-refractivity contribution < 1.29 is 18.3 Å². The van der Waals surface area contributed by atoms with E-state index in [1.54, 1.807) is 13.8 Å². The monoisotopic (exact) mass is 301 g/mol. The molecular weight excluding hydrogens is 282 g/mol. The first-order valence-corrected chi connectivity index (χ1v) is 7.75. The number of rotatable bonds is 6. The van der Waals surface area contributed by atoms with Crippen LogP contribution in [0.3, 0.4) is 0 Å². The van der Waals surface area contributed by atoms with E-state index >= 15 is 0 Å². The van der Waals surface area contributed by atoms with Gasteiger partial charge in [-0.25, -0.2) is 17.9 Å². The van der Waals surface area contributed by atoms with Gasteiger partial charge in [-0.1, -0.05) is 0 Å². The molecule has 0 spiro atoms. The highest BCUT2D eigenvalue weighted by atomic mass is 32.2. The number of nitrogens with two attached hydrogens (primary N) is 1. The van der Waals surface area contributed by atoms with Crippen molar-refractivity contribution in [3.05, 3.63) is 23.8 Å². The first-order valence-electron chi connectivity index (χ1n) is 5.86. The number of hydrogen-bond acceptors (Lipinski definition) is 5. The normalized spacial score (nSPS) is 12.2. The molecule has 1 rings (SSSR count). The second kappa shape index (κ2) is 5.68. The number of sulfonamides is 1. The molecule has 0 bridgehead atoms. The maximum absolute atomic E-state index is 11.2. The summed E-state index contributed by atoms with van der Waals surface area (Å²) in [7, 11) is -3.35. The van der Waals surface area contributed by atoms with Crippen LogP contribution in [-0.4, -0.2) is 37.8 Å². The molecule has 0 atom stereocenters. The van der Waals surface area contributed by atoms with Crippen LogP contribution in [0.2, 0.25) is 0 Å². The molecule has 1 aromatic rings.